The summed E-state index contributed by atoms with van der Waals surface area (Å²) in [5, 5.41) is 3.30. The highest BCUT2D eigenvalue weighted by Gasteiger charge is 2.14. The molecule has 1 aliphatic heterocycles. The van der Waals surface area contributed by atoms with Crippen molar-refractivity contribution in [2.24, 2.45) is 5.92 Å². The van der Waals surface area contributed by atoms with E-state index >= 15 is 0 Å². The van der Waals surface area contributed by atoms with Crippen LogP contribution < -0.4 is 5.32 Å². The van der Waals surface area contributed by atoms with E-state index in [1.807, 2.05) is 13.0 Å². The minimum absolute atomic E-state index is 0.118. The van der Waals surface area contributed by atoms with Gasteiger partial charge in [-0.2, -0.15) is 0 Å². The molecular weight excluding hydrogens is 217 g/mol. The fourth-order valence-corrected chi connectivity index (χ4v) is 2.18. The second-order valence-corrected chi connectivity index (χ2v) is 4.79. The van der Waals surface area contributed by atoms with Crippen LogP contribution in [0.25, 0.3) is 0 Å². The molecule has 0 saturated carbocycles. The summed E-state index contributed by atoms with van der Waals surface area (Å²) in [7, 11) is 0. The van der Waals surface area contributed by atoms with Crippen LogP contribution in [0.3, 0.4) is 0 Å². The van der Waals surface area contributed by atoms with E-state index in [1.165, 1.54) is 12.5 Å². The van der Waals surface area contributed by atoms with E-state index in [-0.39, 0.29) is 5.82 Å². The third kappa shape index (κ3) is 3.79. The Labute approximate surface area is 102 Å². The van der Waals surface area contributed by atoms with Crippen LogP contribution in [-0.4, -0.2) is 19.8 Å². The minimum Gasteiger partial charge on any atom is -0.381 e. The average Bonchev–Trinajstić information content (AvgIpc) is 2.82. The molecule has 17 heavy (non-hydrogen) atoms. The maximum absolute atomic E-state index is 13.4. The fraction of sp³-hybridized carbons (Fsp3) is 0.571. The molecule has 0 bridgehead atoms. The van der Waals surface area contributed by atoms with Gasteiger partial charge >= 0.3 is 0 Å². The van der Waals surface area contributed by atoms with Gasteiger partial charge in [-0.3, -0.25) is 0 Å². The van der Waals surface area contributed by atoms with Crippen molar-refractivity contribution in [3.05, 3.63) is 35.1 Å². The number of hydrogen-bond acceptors (Lipinski definition) is 2. The molecule has 1 atom stereocenters. The number of rotatable bonds is 5. The monoisotopic (exact) mass is 237 g/mol. The van der Waals surface area contributed by atoms with Crippen molar-refractivity contribution < 1.29 is 9.13 Å². The van der Waals surface area contributed by atoms with E-state index in [2.05, 4.69) is 5.32 Å². The fourth-order valence-electron chi connectivity index (χ4n) is 2.18. The molecule has 1 fully saturated rings. The van der Waals surface area contributed by atoms with E-state index in [0.29, 0.717) is 12.5 Å². The van der Waals surface area contributed by atoms with Gasteiger partial charge in [-0.05, 0) is 38.3 Å². The molecule has 94 valence electrons. The molecule has 1 aliphatic rings. The lowest BCUT2D eigenvalue weighted by molar-refractivity contribution is 0.184. The summed E-state index contributed by atoms with van der Waals surface area (Å²) >= 11 is 0. The van der Waals surface area contributed by atoms with Gasteiger partial charge in [0.25, 0.3) is 0 Å². The van der Waals surface area contributed by atoms with Crippen molar-refractivity contribution in [2.75, 3.05) is 19.8 Å². The number of hydrogen-bond donors (Lipinski definition) is 1. The second kappa shape index (κ2) is 6.12. The van der Waals surface area contributed by atoms with Crippen LogP contribution in [0.4, 0.5) is 4.39 Å². The number of halogens is 1. The third-order valence-electron chi connectivity index (χ3n) is 3.27. The third-order valence-corrected chi connectivity index (χ3v) is 3.27. The van der Waals surface area contributed by atoms with E-state index in [9.17, 15) is 4.39 Å². The lowest BCUT2D eigenvalue weighted by Crippen LogP contribution is -2.18. The van der Waals surface area contributed by atoms with Crippen LogP contribution in [0, 0.1) is 18.7 Å². The molecular formula is C14H20FNO. The molecule has 0 amide bonds. The highest BCUT2D eigenvalue weighted by Crippen LogP contribution is 2.15. The van der Waals surface area contributed by atoms with Crippen LogP contribution in [0.5, 0.6) is 0 Å². The largest absolute Gasteiger partial charge is 0.381 e. The molecule has 1 saturated heterocycles. The summed E-state index contributed by atoms with van der Waals surface area (Å²) in [5.41, 5.74) is 1.86. The van der Waals surface area contributed by atoms with Gasteiger partial charge < -0.3 is 10.1 Å². The van der Waals surface area contributed by atoms with Crippen LogP contribution in [0.2, 0.25) is 0 Å². The van der Waals surface area contributed by atoms with Gasteiger partial charge in [-0.15, -0.1) is 0 Å². The van der Waals surface area contributed by atoms with Crippen LogP contribution >= 0.6 is 0 Å². The van der Waals surface area contributed by atoms with Crippen molar-refractivity contribution >= 4 is 0 Å². The Balaban J connectivity index is 1.72. The smallest absolute Gasteiger partial charge is 0.127 e. The molecule has 3 heteroatoms. The Morgan fingerprint density at radius 3 is 3.12 bits per heavy atom. The van der Waals surface area contributed by atoms with Crippen molar-refractivity contribution in [2.45, 2.75) is 26.3 Å². The second-order valence-electron chi connectivity index (χ2n) is 4.79. The molecule has 1 unspecified atom stereocenters. The van der Waals surface area contributed by atoms with Gasteiger partial charge in [0.15, 0.2) is 0 Å². The van der Waals surface area contributed by atoms with E-state index in [0.717, 1.165) is 37.3 Å². The Morgan fingerprint density at radius 1 is 1.47 bits per heavy atom. The Morgan fingerprint density at radius 2 is 2.35 bits per heavy atom. The molecule has 1 N–H and O–H groups in total. The molecule has 1 heterocycles. The van der Waals surface area contributed by atoms with Gasteiger partial charge in [-0.25, -0.2) is 4.39 Å². The number of benzene rings is 1. The highest BCUT2D eigenvalue weighted by atomic mass is 19.1. The zero-order valence-corrected chi connectivity index (χ0v) is 10.3. The normalized spacial score (nSPS) is 19.8. The summed E-state index contributed by atoms with van der Waals surface area (Å²) in [6.45, 7) is 5.32. The maximum Gasteiger partial charge on any atom is 0.127 e. The van der Waals surface area contributed by atoms with Gasteiger partial charge in [0.2, 0.25) is 0 Å². The van der Waals surface area contributed by atoms with Crippen molar-refractivity contribution in [1.29, 1.82) is 0 Å². The van der Waals surface area contributed by atoms with Gasteiger partial charge in [0.1, 0.15) is 5.82 Å². The molecule has 2 nitrogen and oxygen atoms in total. The summed E-state index contributed by atoms with van der Waals surface area (Å²) in [6.07, 6.45) is 2.29. The minimum atomic E-state index is -0.118. The number of nitrogens with one attached hydrogen (secondary N) is 1. The Kier molecular flexibility index (Phi) is 4.51. The quantitative estimate of drug-likeness (QED) is 0.795. The lowest BCUT2D eigenvalue weighted by Gasteiger charge is -2.09. The van der Waals surface area contributed by atoms with Gasteiger partial charge in [0.05, 0.1) is 0 Å². The Bertz CT molecular complexity index is 361. The van der Waals surface area contributed by atoms with Crippen LogP contribution in [0.1, 0.15) is 24.0 Å². The first-order valence-corrected chi connectivity index (χ1v) is 6.29. The Hall–Kier alpha value is -0.930. The lowest BCUT2D eigenvalue weighted by atomic mass is 10.1. The van der Waals surface area contributed by atoms with Crippen molar-refractivity contribution in [1.82, 2.24) is 5.32 Å². The summed E-state index contributed by atoms with van der Waals surface area (Å²) in [4.78, 5) is 0. The van der Waals surface area contributed by atoms with Gasteiger partial charge in [-0.1, -0.05) is 17.7 Å². The number of aryl methyl sites for hydroxylation is 1. The summed E-state index contributed by atoms with van der Waals surface area (Å²) < 4.78 is 18.8. The SMILES string of the molecule is Cc1ccc(F)c(CNCCC2CCOC2)c1. The number of ether oxygens (including phenoxy) is 1. The highest BCUT2D eigenvalue weighted by molar-refractivity contribution is 5.23. The molecule has 0 radical (unpaired) electrons. The van der Waals surface area contributed by atoms with Crippen molar-refractivity contribution in [3.8, 4) is 0 Å². The van der Waals surface area contributed by atoms with Gasteiger partial charge in [0, 0.05) is 25.3 Å². The first kappa shape index (κ1) is 12.5. The summed E-state index contributed by atoms with van der Waals surface area (Å²) in [5.74, 6) is 0.567. The zero-order chi connectivity index (χ0) is 12.1. The maximum atomic E-state index is 13.4. The first-order valence-electron chi connectivity index (χ1n) is 6.29. The molecule has 0 spiro atoms. The van der Waals surface area contributed by atoms with Crippen molar-refractivity contribution in [3.63, 3.8) is 0 Å². The van der Waals surface area contributed by atoms with Crippen LogP contribution in [-0.2, 0) is 11.3 Å². The molecule has 1 aromatic rings. The van der Waals surface area contributed by atoms with E-state index < -0.39 is 0 Å². The van der Waals surface area contributed by atoms with E-state index in [1.54, 1.807) is 6.07 Å². The summed E-state index contributed by atoms with van der Waals surface area (Å²) in [6, 6.07) is 5.24. The topological polar surface area (TPSA) is 21.3 Å². The predicted molar refractivity (Wildman–Crippen MR) is 66.4 cm³/mol. The van der Waals surface area contributed by atoms with Crippen LogP contribution in [0.15, 0.2) is 18.2 Å². The molecule has 0 aromatic heterocycles. The average molecular weight is 237 g/mol. The predicted octanol–water partition coefficient (Wildman–Crippen LogP) is 2.65. The molecule has 1 aromatic carbocycles. The standard InChI is InChI=1S/C14H20FNO/c1-11-2-3-14(15)13(8-11)9-16-6-4-12-5-7-17-10-12/h2-3,8,12,16H,4-7,9-10H2,1H3. The molecule has 0 aliphatic carbocycles. The first-order chi connectivity index (χ1) is 8.25. The van der Waals surface area contributed by atoms with E-state index in [4.69, 9.17) is 4.74 Å². The zero-order valence-electron chi connectivity index (χ0n) is 10.3. The molecule has 2 rings (SSSR count).